The second-order valence-electron chi connectivity index (χ2n) is 4.01. The van der Waals surface area contributed by atoms with Crippen LogP contribution in [0.3, 0.4) is 0 Å². The van der Waals surface area contributed by atoms with Crippen LogP contribution < -0.4 is 4.74 Å². The lowest BCUT2D eigenvalue weighted by atomic mass is 10.1. The van der Waals surface area contributed by atoms with Gasteiger partial charge in [0, 0.05) is 6.07 Å². The van der Waals surface area contributed by atoms with Crippen molar-refractivity contribution in [3.63, 3.8) is 0 Å². The van der Waals surface area contributed by atoms with E-state index < -0.39 is 0 Å². The molecule has 0 saturated carbocycles. The molecule has 2 nitrogen and oxygen atoms in total. The Labute approximate surface area is 107 Å². The molecule has 0 fully saturated rings. The van der Waals surface area contributed by atoms with Crippen molar-refractivity contribution < 1.29 is 9.84 Å². The lowest BCUT2D eigenvalue weighted by molar-refractivity contribution is 0.406. The Balaban J connectivity index is 2.04. The summed E-state index contributed by atoms with van der Waals surface area (Å²) in [5, 5.41) is 9.81. The molecule has 0 unspecified atom stereocenters. The highest BCUT2D eigenvalue weighted by Crippen LogP contribution is 2.24. The molecular weight excluding hydrogens is 224 g/mol. The summed E-state index contributed by atoms with van der Waals surface area (Å²) in [7, 11) is 1.59. The molecule has 92 valence electrons. The lowest BCUT2D eigenvalue weighted by Gasteiger charge is -2.04. The van der Waals surface area contributed by atoms with E-state index in [4.69, 9.17) is 4.74 Å². The minimum Gasteiger partial charge on any atom is -0.508 e. The highest BCUT2D eigenvalue weighted by molar-refractivity contribution is 5.50. The number of phenols is 1. The average molecular weight is 240 g/mol. The van der Waals surface area contributed by atoms with E-state index in [1.165, 1.54) is 0 Å². The first-order valence-electron chi connectivity index (χ1n) is 5.87. The molecule has 2 heteroatoms. The molecule has 0 amide bonds. The van der Waals surface area contributed by atoms with Gasteiger partial charge in [-0.1, -0.05) is 48.6 Å². The summed E-state index contributed by atoms with van der Waals surface area (Å²) in [6.07, 6.45) is 4.78. The molecule has 18 heavy (non-hydrogen) atoms. The number of hydrogen-bond donors (Lipinski definition) is 1. The third kappa shape index (κ3) is 3.14. The zero-order valence-corrected chi connectivity index (χ0v) is 10.3. The fraction of sp³-hybridized carbons (Fsp3) is 0.125. The van der Waals surface area contributed by atoms with Crippen molar-refractivity contribution in [2.75, 3.05) is 7.11 Å². The zero-order chi connectivity index (χ0) is 12.8. The predicted molar refractivity (Wildman–Crippen MR) is 73.8 cm³/mol. The van der Waals surface area contributed by atoms with Gasteiger partial charge >= 0.3 is 0 Å². The van der Waals surface area contributed by atoms with Gasteiger partial charge in [-0.25, -0.2) is 0 Å². The maximum absolute atomic E-state index is 9.81. The lowest BCUT2D eigenvalue weighted by Crippen LogP contribution is -1.86. The first kappa shape index (κ1) is 12.2. The molecule has 2 aromatic carbocycles. The second kappa shape index (κ2) is 5.92. The van der Waals surface area contributed by atoms with Crippen LogP contribution in [-0.2, 0) is 6.42 Å². The second-order valence-corrected chi connectivity index (χ2v) is 4.01. The fourth-order valence-corrected chi connectivity index (χ4v) is 1.73. The largest absolute Gasteiger partial charge is 0.508 e. The van der Waals surface area contributed by atoms with Gasteiger partial charge in [-0.05, 0) is 23.6 Å². The van der Waals surface area contributed by atoms with E-state index in [1.54, 1.807) is 13.2 Å². The van der Waals surface area contributed by atoms with Gasteiger partial charge < -0.3 is 9.84 Å². The number of aromatic hydroxyl groups is 1. The van der Waals surface area contributed by atoms with E-state index in [0.29, 0.717) is 12.2 Å². The van der Waals surface area contributed by atoms with Gasteiger partial charge in [0.25, 0.3) is 0 Å². The van der Waals surface area contributed by atoms with Crippen LogP contribution in [0.15, 0.2) is 54.6 Å². The summed E-state index contributed by atoms with van der Waals surface area (Å²) in [6, 6.07) is 15.5. The summed E-state index contributed by atoms with van der Waals surface area (Å²) in [5.74, 6) is 0.940. The van der Waals surface area contributed by atoms with Gasteiger partial charge in [-0.2, -0.15) is 0 Å². The predicted octanol–water partition coefficient (Wildman–Crippen LogP) is 3.66. The summed E-state index contributed by atoms with van der Waals surface area (Å²) in [6.45, 7) is 0. The van der Waals surface area contributed by atoms with Gasteiger partial charge in [-0.15, -0.1) is 0 Å². The first-order chi connectivity index (χ1) is 8.79. The van der Waals surface area contributed by atoms with Crippen LogP contribution in [0.2, 0.25) is 0 Å². The van der Waals surface area contributed by atoms with Crippen LogP contribution in [0.4, 0.5) is 0 Å². The van der Waals surface area contributed by atoms with Crippen LogP contribution in [-0.4, -0.2) is 12.2 Å². The normalized spacial score (nSPS) is 10.7. The first-order valence-corrected chi connectivity index (χ1v) is 5.87. The molecular formula is C16H16O2. The third-order valence-electron chi connectivity index (χ3n) is 2.74. The number of methoxy groups -OCH3 is 1. The Kier molecular flexibility index (Phi) is 4.02. The molecule has 2 rings (SSSR count). The highest BCUT2D eigenvalue weighted by Gasteiger charge is 2.00. The summed E-state index contributed by atoms with van der Waals surface area (Å²) in [5.41, 5.74) is 2.05. The van der Waals surface area contributed by atoms with Crippen molar-refractivity contribution in [3.05, 3.63) is 65.7 Å². The number of hydrogen-bond acceptors (Lipinski definition) is 2. The summed E-state index contributed by atoms with van der Waals surface area (Å²) < 4.78 is 5.05. The molecule has 0 heterocycles. The standard InChI is InChI=1S/C16H16O2/c1-18-15-11-10-14(16(17)12-15)9-5-8-13-6-3-2-4-7-13/h2-8,10-12,17H,9H2,1H3/b8-5+. The monoisotopic (exact) mass is 240 g/mol. The molecule has 0 atom stereocenters. The molecule has 0 saturated heterocycles. The van der Waals surface area contributed by atoms with Crippen LogP contribution in [0, 0.1) is 0 Å². The van der Waals surface area contributed by atoms with Gasteiger partial charge in [0.1, 0.15) is 11.5 Å². The van der Waals surface area contributed by atoms with Crippen molar-refractivity contribution in [2.45, 2.75) is 6.42 Å². The molecule has 0 aliphatic carbocycles. The number of ether oxygens (including phenoxy) is 1. The van der Waals surface area contributed by atoms with Crippen LogP contribution in [0.1, 0.15) is 11.1 Å². The van der Waals surface area contributed by atoms with Crippen molar-refractivity contribution in [3.8, 4) is 11.5 Å². The minimum atomic E-state index is 0.270. The van der Waals surface area contributed by atoms with Crippen molar-refractivity contribution in [1.82, 2.24) is 0 Å². The summed E-state index contributed by atoms with van der Waals surface area (Å²) >= 11 is 0. The molecule has 0 spiro atoms. The Hall–Kier alpha value is -2.22. The molecule has 0 bridgehead atoms. The number of benzene rings is 2. The topological polar surface area (TPSA) is 29.5 Å². The van der Waals surface area contributed by atoms with Gasteiger partial charge in [0.2, 0.25) is 0 Å². The van der Waals surface area contributed by atoms with E-state index >= 15 is 0 Å². The molecule has 0 aromatic heterocycles. The number of phenolic OH excluding ortho intramolecular Hbond substituents is 1. The highest BCUT2D eigenvalue weighted by atomic mass is 16.5. The Morgan fingerprint density at radius 2 is 1.89 bits per heavy atom. The van der Waals surface area contributed by atoms with Gasteiger partial charge in [-0.3, -0.25) is 0 Å². The molecule has 0 aliphatic rings. The molecule has 1 N–H and O–H groups in total. The van der Waals surface area contributed by atoms with E-state index in [0.717, 1.165) is 11.1 Å². The number of allylic oxidation sites excluding steroid dienone is 1. The van der Waals surface area contributed by atoms with Gasteiger partial charge in [0.05, 0.1) is 7.11 Å². The maximum Gasteiger partial charge on any atom is 0.122 e. The maximum atomic E-state index is 9.81. The van der Waals surface area contributed by atoms with Crippen LogP contribution in [0.25, 0.3) is 6.08 Å². The minimum absolute atomic E-state index is 0.270. The summed E-state index contributed by atoms with van der Waals surface area (Å²) in [4.78, 5) is 0. The van der Waals surface area contributed by atoms with Crippen molar-refractivity contribution in [2.24, 2.45) is 0 Å². The van der Waals surface area contributed by atoms with Crippen molar-refractivity contribution in [1.29, 1.82) is 0 Å². The Morgan fingerprint density at radius 3 is 2.56 bits per heavy atom. The van der Waals surface area contributed by atoms with E-state index in [1.807, 2.05) is 54.6 Å². The molecule has 2 aromatic rings. The Morgan fingerprint density at radius 1 is 1.11 bits per heavy atom. The number of rotatable bonds is 4. The average Bonchev–Trinajstić information content (AvgIpc) is 2.42. The molecule has 0 aliphatic heterocycles. The quantitative estimate of drug-likeness (QED) is 0.883. The van der Waals surface area contributed by atoms with Gasteiger partial charge in [0.15, 0.2) is 0 Å². The Bertz CT molecular complexity index is 530. The fourth-order valence-electron chi connectivity index (χ4n) is 1.73. The van der Waals surface area contributed by atoms with Crippen LogP contribution >= 0.6 is 0 Å². The SMILES string of the molecule is COc1ccc(C/C=C/c2ccccc2)c(O)c1. The van der Waals surface area contributed by atoms with Crippen molar-refractivity contribution >= 4 is 6.08 Å². The molecule has 0 radical (unpaired) electrons. The van der Waals surface area contributed by atoms with E-state index in [9.17, 15) is 5.11 Å². The van der Waals surface area contributed by atoms with E-state index in [-0.39, 0.29) is 5.75 Å². The van der Waals surface area contributed by atoms with Crippen LogP contribution in [0.5, 0.6) is 11.5 Å². The van der Waals surface area contributed by atoms with E-state index in [2.05, 4.69) is 0 Å². The third-order valence-corrected chi connectivity index (χ3v) is 2.74. The smallest absolute Gasteiger partial charge is 0.122 e. The zero-order valence-electron chi connectivity index (χ0n) is 10.3.